The van der Waals surface area contributed by atoms with Crippen molar-refractivity contribution in [2.75, 3.05) is 25.6 Å². The Bertz CT molecular complexity index is 1070. The fourth-order valence-corrected chi connectivity index (χ4v) is 4.02. The average molecular weight is 402 g/mol. The maximum Gasteiger partial charge on any atom is 0.418 e. The normalized spacial score (nSPS) is 14.3. The average Bonchev–Trinajstić information content (AvgIpc) is 3.03. The number of hydrogen-bond donors (Lipinski definition) is 1. The Kier molecular flexibility index (Phi) is 5.08. The van der Waals surface area contributed by atoms with Crippen LogP contribution in [-0.4, -0.2) is 30.6 Å². The summed E-state index contributed by atoms with van der Waals surface area (Å²) in [5, 5.41) is 3.66. The third-order valence-corrected chi connectivity index (χ3v) is 5.25. The molecule has 29 heavy (non-hydrogen) atoms. The fourth-order valence-electron chi connectivity index (χ4n) is 4.02. The maximum absolute atomic E-state index is 14.0. The molecule has 0 bridgehead atoms. The minimum Gasteiger partial charge on any atom is -0.383 e. The first-order valence-corrected chi connectivity index (χ1v) is 9.51. The minimum atomic E-state index is -4.54. The third kappa shape index (κ3) is 3.51. The van der Waals surface area contributed by atoms with Crippen molar-refractivity contribution < 1.29 is 22.7 Å². The Morgan fingerprint density at radius 1 is 1.14 bits per heavy atom. The smallest absolute Gasteiger partial charge is 0.383 e. The number of carbonyl (C=O) groups excluding carboxylic acids is 1. The number of carbonyl (C=O) groups is 1. The molecule has 0 unspecified atom stereocenters. The summed E-state index contributed by atoms with van der Waals surface area (Å²) >= 11 is 0. The molecule has 0 amide bonds. The van der Waals surface area contributed by atoms with E-state index in [9.17, 15) is 18.0 Å². The van der Waals surface area contributed by atoms with E-state index in [0.717, 1.165) is 6.07 Å². The number of anilines is 1. The Hall–Kier alpha value is -2.80. The summed E-state index contributed by atoms with van der Waals surface area (Å²) in [7, 11) is 1.54. The van der Waals surface area contributed by atoms with Crippen LogP contribution in [0, 0.1) is 0 Å². The molecule has 0 spiro atoms. The van der Waals surface area contributed by atoms with E-state index in [1.54, 1.807) is 22.8 Å². The van der Waals surface area contributed by atoms with Gasteiger partial charge in [0.05, 0.1) is 23.4 Å². The molecule has 1 aromatic heterocycles. The number of nitrogens with zero attached hydrogens (tertiary/aromatic N) is 1. The number of halogens is 3. The van der Waals surface area contributed by atoms with Gasteiger partial charge in [-0.2, -0.15) is 13.2 Å². The van der Waals surface area contributed by atoms with Crippen molar-refractivity contribution in [2.45, 2.75) is 25.4 Å². The number of ketones is 1. The van der Waals surface area contributed by atoms with Crippen LogP contribution in [0.2, 0.25) is 0 Å². The predicted octanol–water partition coefficient (Wildman–Crippen LogP) is 5.23. The number of ether oxygens (including phenoxy) is 1. The van der Waals surface area contributed by atoms with Gasteiger partial charge in [0.25, 0.3) is 0 Å². The number of rotatable bonds is 5. The van der Waals surface area contributed by atoms with Gasteiger partial charge in [-0.25, -0.2) is 0 Å². The standard InChI is InChI=1S/C22H21F3N2O2/c1-29-12-11-26-14-9-10-18(16(13-14)22(23,24)25)27-17-6-3-2-5-15(17)21-19(27)7-4-8-20(21)28/h2-3,5-6,9-10,13,26H,4,7-8,11-12H2,1H3. The predicted molar refractivity (Wildman–Crippen MR) is 106 cm³/mol. The lowest BCUT2D eigenvalue weighted by molar-refractivity contribution is -0.137. The van der Waals surface area contributed by atoms with Gasteiger partial charge < -0.3 is 14.6 Å². The van der Waals surface area contributed by atoms with Crippen LogP contribution in [0.25, 0.3) is 16.6 Å². The Labute approximate surface area is 166 Å². The summed E-state index contributed by atoms with van der Waals surface area (Å²) < 4.78 is 48.5. The first kappa shape index (κ1) is 19.5. The lowest BCUT2D eigenvalue weighted by Gasteiger charge is -2.20. The van der Waals surface area contributed by atoms with Gasteiger partial charge in [-0.1, -0.05) is 18.2 Å². The highest BCUT2D eigenvalue weighted by Crippen LogP contribution is 2.40. The lowest BCUT2D eigenvalue weighted by Crippen LogP contribution is -2.16. The van der Waals surface area contributed by atoms with E-state index in [2.05, 4.69) is 5.32 Å². The van der Waals surface area contributed by atoms with Crippen LogP contribution in [0.5, 0.6) is 0 Å². The van der Waals surface area contributed by atoms with Crippen molar-refractivity contribution in [3.8, 4) is 5.69 Å². The summed E-state index contributed by atoms with van der Waals surface area (Å²) in [6.45, 7) is 0.796. The third-order valence-electron chi connectivity index (χ3n) is 5.25. The Balaban J connectivity index is 1.93. The molecule has 1 N–H and O–H groups in total. The van der Waals surface area contributed by atoms with E-state index in [-0.39, 0.29) is 11.5 Å². The zero-order valence-corrected chi connectivity index (χ0v) is 16.0. The van der Waals surface area contributed by atoms with Crippen molar-refractivity contribution in [1.29, 1.82) is 0 Å². The summed E-state index contributed by atoms with van der Waals surface area (Å²) in [6, 6.07) is 11.4. The number of alkyl halides is 3. The monoisotopic (exact) mass is 402 g/mol. The zero-order chi connectivity index (χ0) is 20.6. The van der Waals surface area contributed by atoms with Gasteiger partial charge in [-0.3, -0.25) is 4.79 Å². The first-order chi connectivity index (χ1) is 13.9. The topological polar surface area (TPSA) is 43.3 Å². The van der Waals surface area contributed by atoms with E-state index in [4.69, 9.17) is 4.74 Å². The van der Waals surface area contributed by atoms with Gasteiger partial charge in [0.15, 0.2) is 5.78 Å². The largest absolute Gasteiger partial charge is 0.418 e. The van der Waals surface area contributed by atoms with Crippen molar-refractivity contribution in [3.05, 3.63) is 59.3 Å². The maximum atomic E-state index is 14.0. The van der Waals surface area contributed by atoms with Crippen LogP contribution in [0.15, 0.2) is 42.5 Å². The summed E-state index contributed by atoms with van der Waals surface area (Å²) in [5.41, 5.74) is 1.52. The highest BCUT2D eigenvalue weighted by atomic mass is 19.4. The molecule has 0 saturated carbocycles. The molecule has 1 aliphatic rings. The van der Waals surface area contributed by atoms with Crippen LogP contribution in [-0.2, 0) is 17.3 Å². The van der Waals surface area contributed by atoms with Crippen molar-refractivity contribution in [3.63, 3.8) is 0 Å². The molecule has 0 fully saturated rings. The number of methoxy groups -OCH3 is 1. The number of hydrogen-bond acceptors (Lipinski definition) is 3. The second-order valence-corrected chi connectivity index (χ2v) is 7.10. The van der Waals surface area contributed by atoms with E-state index < -0.39 is 11.7 Å². The summed E-state index contributed by atoms with van der Waals surface area (Å²) in [5.74, 6) is -0.00684. The number of aromatic nitrogens is 1. The van der Waals surface area contributed by atoms with Gasteiger partial charge in [0.2, 0.25) is 0 Å². The second kappa shape index (κ2) is 7.55. The Morgan fingerprint density at radius 2 is 1.93 bits per heavy atom. The van der Waals surface area contributed by atoms with E-state index in [1.807, 2.05) is 12.1 Å². The van der Waals surface area contributed by atoms with Gasteiger partial charge in [0, 0.05) is 42.4 Å². The van der Waals surface area contributed by atoms with E-state index in [1.165, 1.54) is 13.2 Å². The van der Waals surface area contributed by atoms with Gasteiger partial charge in [0.1, 0.15) is 0 Å². The molecule has 2 aromatic carbocycles. The fraction of sp³-hybridized carbons (Fsp3) is 0.318. The van der Waals surface area contributed by atoms with E-state index >= 15 is 0 Å². The molecule has 0 aliphatic heterocycles. The molecule has 0 radical (unpaired) electrons. The lowest BCUT2D eigenvalue weighted by atomic mass is 9.94. The summed E-state index contributed by atoms with van der Waals surface area (Å²) in [6.07, 6.45) is -2.90. The van der Waals surface area contributed by atoms with Gasteiger partial charge in [-0.15, -0.1) is 0 Å². The Morgan fingerprint density at radius 3 is 2.69 bits per heavy atom. The molecule has 7 heteroatoms. The number of fused-ring (bicyclic) bond motifs is 3. The van der Waals surface area contributed by atoms with E-state index in [0.29, 0.717) is 60.3 Å². The highest BCUT2D eigenvalue weighted by molar-refractivity contribution is 6.10. The number of para-hydroxylation sites is 1. The molecule has 0 atom stereocenters. The van der Waals surface area contributed by atoms with Gasteiger partial charge in [-0.05, 0) is 37.1 Å². The van der Waals surface area contributed by atoms with Crippen LogP contribution < -0.4 is 5.32 Å². The van der Waals surface area contributed by atoms with Crippen LogP contribution in [0.4, 0.5) is 18.9 Å². The molecule has 3 aromatic rings. The first-order valence-electron chi connectivity index (χ1n) is 9.51. The zero-order valence-electron chi connectivity index (χ0n) is 16.0. The SMILES string of the molecule is COCCNc1ccc(-n2c3c(c4ccccc42)C(=O)CCC3)c(C(F)(F)F)c1. The van der Waals surface area contributed by atoms with Crippen molar-refractivity contribution >= 4 is 22.4 Å². The molecule has 1 heterocycles. The molecule has 1 aliphatic carbocycles. The van der Waals surface area contributed by atoms with Crippen molar-refractivity contribution in [1.82, 2.24) is 4.57 Å². The van der Waals surface area contributed by atoms with Crippen molar-refractivity contribution in [2.24, 2.45) is 0 Å². The molecule has 0 saturated heterocycles. The van der Waals surface area contributed by atoms with Crippen LogP contribution >= 0.6 is 0 Å². The summed E-state index contributed by atoms with van der Waals surface area (Å²) in [4.78, 5) is 12.6. The molecular weight excluding hydrogens is 381 g/mol. The minimum absolute atomic E-state index is 0.00684. The second-order valence-electron chi connectivity index (χ2n) is 7.10. The molecule has 4 rings (SSSR count). The highest BCUT2D eigenvalue weighted by Gasteiger charge is 2.36. The van der Waals surface area contributed by atoms with Gasteiger partial charge >= 0.3 is 6.18 Å². The quantitative estimate of drug-likeness (QED) is 0.595. The molecular formula is C22H21F3N2O2. The van der Waals surface area contributed by atoms with Crippen LogP contribution in [0.3, 0.4) is 0 Å². The number of Topliss-reactive ketones (excluding diaryl/α,β-unsaturated/α-hetero) is 1. The number of benzene rings is 2. The van der Waals surface area contributed by atoms with Crippen LogP contribution in [0.1, 0.15) is 34.5 Å². The molecule has 4 nitrogen and oxygen atoms in total. The molecule has 152 valence electrons. The number of nitrogens with one attached hydrogen (secondary N) is 1.